The quantitative estimate of drug-likeness (QED) is 0.645. The topological polar surface area (TPSA) is 67.0 Å². The summed E-state index contributed by atoms with van der Waals surface area (Å²) in [5.41, 5.74) is 0.645. The van der Waals surface area contributed by atoms with E-state index in [1.165, 1.54) is 13.3 Å². The minimum absolute atomic E-state index is 0.0607. The standard InChI is InChI=1S/C6H9N3O2/c1-11-4-6(10)9-5-2-7-8-3-5/h2-3H,4H2,1H3,(H,7,8)(H,9,10). The van der Waals surface area contributed by atoms with Gasteiger partial charge in [-0.3, -0.25) is 9.89 Å². The van der Waals surface area contributed by atoms with Crippen LogP contribution < -0.4 is 5.32 Å². The van der Waals surface area contributed by atoms with E-state index >= 15 is 0 Å². The Kier molecular flexibility index (Phi) is 2.62. The van der Waals surface area contributed by atoms with Crippen LogP contribution in [-0.2, 0) is 9.53 Å². The monoisotopic (exact) mass is 155 g/mol. The van der Waals surface area contributed by atoms with Crippen LogP contribution >= 0.6 is 0 Å². The van der Waals surface area contributed by atoms with Gasteiger partial charge in [0.05, 0.1) is 11.9 Å². The van der Waals surface area contributed by atoms with Gasteiger partial charge in [0.1, 0.15) is 6.61 Å². The highest BCUT2D eigenvalue weighted by atomic mass is 16.5. The van der Waals surface area contributed by atoms with Crippen molar-refractivity contribution < 1.29 is 9.53 Å². The van der Waals surface area contributed by atoms with Crippen molar-refractivity contribution >= 4 is 11.6 Å². The first kappa shape index (κ1) is 7.74. The lowest BCUT2D eigenvalue weighted by Crippen LogP contribution is -2.16. The number of aromatic amines is 1. The molecule has 0 radical (unpaired) electrons. The summed E-state index contributed by atoms with van der Waals surface area (Å²) in [6, 6.07) is 0. The van der Waals surface area contributed by atoms with E-state index in [0.717, 1.165) is 0 Å². The van der Waals surface area contributed by atoms with Gasteiger partial charge >= 0.3 is 0 Å². The summed E-state index contributed by atoms with van der Waals surface area (Å²) < 4.78 is 4.61. The van der Waals surface area contributed by atoms with E-state index in [9.17, 15) is 4.79 Å². The molecular weight excluding hydrogens is 146 g/mol. The van der Waals surface area contributed by atoms with Gasteiger partial charge in [0.25, 0.3) is 0 Å². The first-order valence-corrected chi connectivity index (χ1v) is 3.10. The van der Waals surface area contributed by atoms with Crippen molar-refractivity contribution in [1.29, 1.82) is 0 Å². The molecule has 1 amide bonds. The number of hydrogen-bond donors (Lipinski definition) is 2. The minimum atomic E-state index is -0.186. The Morgan fingerprint density at radius 2 is 2.73 bits per heavy atom. The van der Waals surface area contributed by atoms with E-state index in [-0.39, 0.29) is 12.5 Å². The molecule has 0 fully saturated rings. The smallest absolute Gasteiger partial charge is 0.250 e. The van der Waals surface area contributed by atoms with Crippen LogP contribution in [0.25, 0.3) is 0 Å². The fourth-order valence-corrected chi connectivity index (χ4v) is 0.647. The molecule has 5 heteroatoms. The number of carbonyl (C=O) groups is 1. The van der Waals surface area contributed by atoms with Gasteiger partial charge in [-0.2, -0.15) is 5.10 Å². The van der Waals surface area contributed by atoms with E-state index in [1.54, 1.807) is 6.20 Å². The maximum absolute atomic E-state index is 10.8. The third-order valence-corrected chi connectivity index (χ3v) is 1.06. The molecule has 1 aromatic heterocycles. The van der Waals surface area contributed by atoms with Crippen molar-refractivity contribution in [3.05, 3.63) is 12.4 Å². The highest BCUT2D eigenvalue weighted by molar-refractivity contribution is 5.91. The van der Waals surface area contributed by atoms with E-state index < -0.39 is 0 Å². The number of nitrogens with zero attached hydrogens (tertiary/aromatic N) is 1. The number of rotatable bonds is 3. The Hall–Kier alpha value is -1.36. The van der Waals surface area contributed by atoms with Gasteiger partial charge in [-0.1, -0.05) is 0 Å². The van der Waals surface area contributed by atoms with Gasteiger partial charge < -0.3 is 10.1 Å². The Balaban J connectivity index is 2.37. The molecule has 11 heavy (non-hydrogen) atoms. The highest BCUT2D eigenvalue weighted by Gasteiger charge is 2.00. The Morgan fingerprint density at radius 1 is 1.91 bits per heavy atom. The second-order valence-electron chi connectivity index (χ2n) is 1.97. The van der Waals surface area contributed by atoms with Crippen molar-refractivity contribution in [1.82, 2.24) is 10.2 Å². The van der Waals surface area contributed by atoms with Gasteiger partial charge in [0.15, 0.2) is 0 Å². The van der Waals surface area contributed by atoms with Gasteiger partial charge in [0, 0.05) is 13.3 Å². The molecule has 1 rings (SSSR count). The third-order valence-electron chi connectivity index (χ3n) is 1.06. The average Bonchev–Trinajstić information content (AvgIpc) is 2.40. The zero-order valence-electron chi connectivity index (χ0n) is 6.13. The molecule has 0 aromatic carbocycles. The molecule has 1 aromatic rings. The number of aromatic nitrogens is 2. The predicted molar refractivity (Wildman–Crippen MR) is 39.1 cm³/mol. The molecular formula is C6H9N3O2. The molecule has 0 aliphatic carbocycles. The van der Waals surface area contributed by atoms with Gasteiger partial charge in [-0.05, 0) is 0 Å². The van der Waals surface area contributed by atoms with Crippen molar-refractivity contribution in [3.8, 4) is 0 Å². The fraction of sp³-hybridized carbons (Fsp3) is 0.333. The second kappa shape index (κ2) is 3.72. The highest BCUT2D eigenvalue weighted by Crippen LogP contribution is 1.99. The lowest BCUT2D eigenvalue weighted by molar-refractivity contribution is -0.119. The van der Waals surface area contributed by atoms with Crippen molar-refractivity contribution in [2.45, 2.75) is 0 Å². The maximum atomic E-state index is 10.8. The van der Waals surface area contributed by atoms with Gasteiger partial charge in [0.2, 0.25) is 5.91 Å². The molecule has 0 saturated heterocycles. The lowest BCUT2D eigenvalue weighted by atomic mass is 10.5. The number of nitrogens with one attached hydrogen (secondary N) is 2. The van der Waals surface area contributed by atoms with E-state index in [1.807, 2.05) is 0 Å². The molecule has 0 aliphatic rings. The summed E-state index contributed by atoms with van der Waals surface area (Å²) in [6.45, 7) is 0.0607. The zero-order valence-corrected chi connectivity index (χ0v) is 6.13. The molecule has 5 nitrogen and oxygen atoms in total. The Bertz CT molecular complexity index is 220. The molecule has 0 unspecified atom stereocenters. The Labute approximate surface area is 63.7 Å². The fourth-order valence-electron chi connectivity index (χ4n) is 0.647. The molecule has 60 valence electrons. The molecule has 0 atom stereocenters. The predicted octanol–water partition coefficient (Wildman–Crippen LogP) is -0.00540. The van der Waals surface area contributed by atoms with Crippen LogP contribution in [-0.4, -0.2) is 29.8 Å². The van der Waals surface area contributed by atoms with Crippen LogP contribution in [0.1, 0.15) is 0 Å². The average molecular weight is 155 g/mol. The normalized spacial score (nSPS) is 9.55. The van der Waals surface area contributed by atoms with Crippen LogP contribution in [0.3, 0.4) is 0 Å². The number of methoxy groups -OCH3 is 1. The van der Waals surface area contributed by atoms with Crippen molar-refractivity contribution in [2.24, 2.45) is 0 Å². The van der Waals surface area contributed by atoms with Crippen LogP contribution in [0.15, 0.2) is 12.4 Å². The number of hydrogen-bond acceptors (Lipinski definition) is 3. The SMILES string of the molecule is COCC(=O)Nc1cn[nH]c1. The van der Waals surface area contributed by atoms with Gasteiger partial charge in [-0.15, -0.1) is 0 Å². The summed E-state index contributed by atoms with van der Waals surface area (Å²) in [5, 5.41) is 8.79. The van der Waals surface area contributed by atoms with Crippen LogP contribution in [0.2, 0.25) is 0 Å². The largest absolute Gasteiger partial charge is 0.375 e. The summed E-state index contributed by atoms with van der Waals surface area (Å²) in [7, 11) is 1.47. The molecule has 0 spiro atoms. The van der Waals surface area contributed by atoms with Crippen molar-refractivity contribution in [3.63, 3.8) is 0 Å². The second-order valence-corrected chi connectivity index (χ2v) is 1.97. The first-order valence-electron chi connectivity index (χ1n) is 3.10. The molecule has 2 N–H and O–H groups in total. The number of H-pyrrole nitrogens is 1. The van der Waals surface area contributed by atoms with Crippen LogP contribution in [0.4, 0.5) is 5.69 Å². The number of ether oxygens (including phenoxy) is 1. The maximum Gasteiger partial charge on any atom is 0.250 e. The van der Waals surface area contributed by atoms with E-state index in [4.69, 9.17) is 0 Å². The summed E-state index contributed by atoms with van der Waals surface area (Å²) >= 11 is 0. The molecule has 0 aliphatic heterocycles. The van der Waals surface area contributed by atoms with E-state index in [2.05, 4.69) is 20.3 Å². The number of amides is 1. The number of carbonyl (C=O) groups excluding carboxylic acids is 1. The molecule has 0 saturated carbocycles. The van der Waals surface area contributed by atoms with Crippen molar-refractivity contribution in [2.75, 3.05) is 19.0 Å². The van der Waals surface area contributed by atoms with Gasteiger partial charge in [-0.25, -0.2) is 0 Å². The molecule has 1 heterocycles. The Morgan fingerprint density at radius 3 is 3.27 bits per heavy atom. The van der Waals surface area contributed by atoms with E-state index in [0.29, 0.717) is 5.69 Å². The summed E-state index contributed by atoms with van der Waals surface area (Å²) in [4.78, 5) is 10.8. The van der Waals surface area contributed by atoms with Crippen LogP contribution in [0.5, 0.6) is 0 Å². The third kappa shape index (κ3) is 2.38. The minimum Gasteiger partial charge on any atom is -0.375 e. The lowest BCUT2D eigenvalue weighted by Gasteiger charge is -1.98. The number of anilines is 1. The summed E-state index contributed by atoms with van der Waals surface area (Å²) in [6.07, 6.45) is 3.11. The summed E-state index contributed by atoms with van der Waals surface area (Å²) in [5.74, 6) is -0.186. The zero-order chi connectivity index (χ0) is 8.10. The molecule has 0 bridgehead atoms. The first-order chi connectivity index (χ1) is 5.33. The van der Waals surface area contributed by atoms with Crippen LogP contribution in [0, 0.1) is 0 Å².